The average Bonchev–Trinajstić information content (AvgIpc) is 3.34. The molecule has 0 saturated carbocycles. The number of benzene rings is 1. The molecule has 2 unspecified atom stereocenters. The van der Waals surface area contributed by atoms with Crippen molar-refractivity contribution in [2.45, 2.75) is 25.0 Å². The number of morpholine rings is 1. The topological polar surface area (TPSA) is 42.0 Å². The van der Waals surface area contributed by atoms with Crippen LogP contribution in [-0.2, 0) is 15.9 Å². The molecule has 2 atom stereocenters. The standard InChI is InChI=1S/C21H26N2O3S/c24-21-23(16-18(26-21)15-19-7-4-14-27-19)20(17-5-2-1-3-6-17)8-9-22-10-12-25-13-11-22/h1-7,14,18,20H,8-13,15-16H2. The molecule has 0 N–H and O–H groups in total. The summed E-state index contributed by atoms with van der Waals surface area (Å²) in [6.45, 7) is 5.14. The van der Waals surface area contributed by atoms with Crippen molar-refractivity contribution in [3.05, 3.63) is 58.3 Å². The van der Waals surface area contributed by atoms with E-state index in [1.165, 1.54) is 10.4 Å². The fourth-order valence-corrected chi connectivity index (χ4v) is 4.63. The van der Waals surface area contributed by atoms with Crippen LogP contribution >= 0.6 is 11.3 Å². The van der Waals surface area contributed by atoms with E-state index in [2.05, 4.69) is 28.5 Å². The van der Waals surface area contributed by atoms with E-state index in [0.29, 0.717) is 6.54 Å². The molecule has 1 aromatic heterocycles. The molecule has 2 saturated heterocycles. The van der Waals surface area contributed by atoms with Crippen LogP contribution in [0.15, 0.2) is 47.8 Å². The van der Waals surface area contributed by atoms with Crippen LogP contribution in [0.5, 0.6) is 0 Å². The van der Waals surface area contributed by atoms with Crippen LogP contribution in [0.3, 0.4) is 0 Å². The molecule has 1 aromatic carbocycles. The Labute approximate surface area is 164 Å². The molecule has 6 heteroatoms. The second kappa shape index (κ2) is 8.87. The average molecular weight is 387 g/mol. The number of nitrogens with zero attached hydrogens (tertiary/aromatic N) is 2. The van der Waals surface area contributed by atoms with Crippen molar-refractivity contribution >= 4 is 17.4 Å². The monoisotopic (exact) mass is 386 g/mol. The molecule has 0 radical (unpaired) electrons. The van der Waals surface area contributed by atoms with Gasteiger partial charge in [0.1, 0.15) is 6.10 Å². The fourth-order valence-electron chi connectivity index (χ4n) is 3.86. The van der Waals surface area contributed by atoms with Crippen molar-refractivity contribution in [1.82, 2.24) is 9.80 Å². The zero-order valence-corrected chi connectivity index (χ0v) is 16.3. The number of hydrogen-bond acceptors (Lipinski definition) is 5. The summed E-state index contributed by atoms with van der Waals surface area (Å²) < 4.78 is 11.1. The lowest BCUT2D eigenvalue weighted by molar-refractivity contribution is 0.0341. The van der Waals surface area contributed by atoms with E-state index < -0.39 is 0 Å². The van der Waals surface area contributed by atoms with E-state index >= 15 is 0 Å². The third-order valence-corrected chi connectivity index (χ3v) is 6.19. The predicted molar refractivity (Wildman–Crippen MR) is 106 cm³/mol. The van der Waals surface area contributed by atoms with Gasteiger partial charge >= 0.3 is 6.09 Å². The van der Waals surface area contributed by atoms with Gasteiger partial charge in [-0.2, -0.15) is 0 Å². The number of cyclic esters (lactones) is 1. The first-order valence-corrected chi connectivity index (χ1v) is 10.5. The van der Waals surface area contributed by atoms with E-state index in [4.69, 9.17) is 9.47 Å². The molecule has 0 aliphatic carbocycles. The number of carbonyl (C=O) groups is 1. The molecular formula is C21H26N2O3S. The molecule has 144 valence electrons. The van der Waals surface area contributed by atoms with Gasteiger partial charge in [0.2, 0.25) is 0 Å². The molecule has 0 spiro atoms. The SMILES string of the molecule is O=C1OC(Cc2cccs2)CN1C(CCN1CCOCC1)c1ccccc1. The Bertz CT molecular complexity index is 716. The smallest absolute Gasteiger partial charge is 0.410 e. The summed E-state index contributed by atoms with van der Waals surface area (Å²) >= 11 is 1.72. The van der Waals surface area contributed by atoms with E-state index in [1.54, 1.807) is 11.3 Å². The molecule has 1 amide bonds. The summed E-state index contributed by atoms with van der Waals surface area (Å²) in [5.41, 5.74) is 1.18. The third-order valence-electron chi connectivity index (χ3n) is 5.29. The number of thiophene rings is 1. The minimum atomic E-state index is -0.188. The van der Waals surface area contributed by atoms with Gasteiger partial charge in [-0.25, -0.2) is 4.79 Å². The van der Waals surface area contributed by atoms with E-state index in [9.17, 15) is 4.79 Å². The minimum absolute atomic E-state index is 0.0508. The van der Waals surface area contributed by atoms with E-state index in [-0.39, 0.29) is 18.2 Å². The van der Waals surface area contributed by atoms with Gasteiger partial charge < -0.3 is 9.47 Å². The maximum atomic E-state index is 12.7. The zero-order valence-electron chi connectivity index (χ0n) is 15.5. The van der Waals surface area contributed by atoms with Crippen molar-refractivity contribution in [3.8, 4) is 0 Å². The van der Waals surface area contributed by atoms with Crippen LogP contribution in [0.4, 0.5) is 4.79 Å². The molecule has 4 rings (SSSR count). The van der Waals surface area contributed by atoms with Gasteiger partial charge in [0, 0.05) is 30.9 Å². The van der Waals surface area contributed by atoms with Gasteiger partial charge in [-0.15, -0.1) is 11.3 Å². The highest BCUT2D eigenvalue weighted by atomic mass is 32.1. The highest BCUT2D eigenvalue weighted by Crippen LogP contribution is 2.30. The van der Waals surface area contributed by atoms with Crippen LogP contribution in [0, 0.1) is 0 Å². The molecule has 2 aliphatic heterocycles. The summed E-state index contributed by atoms with van der Waals surface area (Å²) in [6, 6.07) is 14.5. The first-order valence-electron chi connectivity index (χ1n) is 9.64. The van der Waals surface area contributed by atoms with Crippen LogP contribution < -0.4 is 0 Å². The lowest BCUT2D eigenvalue weighted by Crippen LogP contribution is -2.39. The summed E-state index contributed by atoms with van der Waals surface area (Å²) in [6.07, 6.45) is 1.45. The molecule has 5 nitrogen and oxygen atoms in total. The highest BCUT2D eigenvalue weighted by Gasteiger charge is 2.37. The maximum Gasteiger partial charge on any atom is 0.410 e. The first kappa shape index (κ1) is 18.5. The van der Waals surface area contributed by atoms with Crippen molar-refractivity contribution in [3.63, 3.8) is 0 Å². The van der Waals surface area contributed by atoms with Gasteiger partial charge in [-0.1, -0.05) is 36.4 Å². The molecule has 0 bridgehead atoms. The Morgan fingerprint density at radius 2 is 1.93 bits per heavy atom. The zero-order chi connectivity index (χ0) is 18.5. The number of amides is 1. The minimum Gasteiger partial charge on any atom is -0.444 e. The Kier molecular flexibility index (Phi) is 6.07. The van der Waals surface area contributed by atoms with Gasteiger partial charge in [0.15, 0.2) is 0 Å². The Morgan fingerprint density at radius 3 is 2.67 bits per heavy atom. The third kappa shape index (κ3) is 4.69. The van der Waals surface area contributed by atoms with Gasteiger partial charge in [-0.3, -0.25) is 9.80 Å². The largest absolute Gasteiger partial charge is 0.444 e. The van der Waals surface area contributed by atoms with Crippen molar-refractivity contribution in [2.24, 2.45) is 0 Å². The summed E-state index contributed by atoms with van der Waals surface area (Å²) in [7, 11) is 0. The van der Waals surface area contributed by atoms with Crippen LogP contribution in [0.2, 0.25) is 0 Å². The molecular weight excluding hydrogens is 360 g/mol. The second-order valence-corrected chi connectivity index (χ2v) is 8.14. The van der Waals surface area contributed by atoms with Crippen molar-refractivity contribution in [2.75, 3.05) is 39.4 Å². The van der Waals surface area contributed by atoms with Gasteiger partial charge in [0.05, 0.1) is 25.8 Å². The lowest BCUT2D eigenvalue weighted by Gasteiger charge is -2.31. The number of ether oxygens (including phenoxy) is 2. The normalized spacial score (nSPS) is 22.0. The Morgan fingerprint density at radius 1 is 1.11 bits per heavy atom. The van der Waals surface area contributed by atoms with Crippen molar-refractivity contribution in [1.29, 1.82) is 0 Å². The van der Waals surface area contributed by atoms with E-state index in [1.807, 2.05) is 29.2 Å². The van der Waals surface area contributed by atoms with Crippen LogP contribution in [0.25, 0.3) is 0 Å². The number of carbonyl (C=O) groups excluding carboxylic acids is 1. The van der Waals surface area contributed by atoms with Gasteiger partial charge in [-0.05, 0) is 23.4 Å². The fraction of sp³-hybridized carbons (Fsp3) is 0.476. The molecule has 3 heterocycles. The Hall–Kier alpha value is -1.89. The van der Waals surface area contributed by atoms with E-state index in [0.717, 1.165) is 45.7 Å². The quantitative estimate of drug-likeness (QED) is 0.730. The lowest BCUT2D eigenvalue weighted by atomic mass is 10.0. The van der Waals surface area contributed by atoms with Crippen LogP contribution in [-0.4, -0.2) is 61.4 Å². The van der Waals surface area contributed by atoms with Gasteiger partial charge in [0.25, 0.3) is 0 Å². The maximum absolute atomic E-state index is 12.7. The molecule has 2 aromatic rings. The number of hydrogen-bond donors (Lipinski definition) is 0. The predicted octanol–water partition coefficient (Wildman–Crippen LogP) is 3.58. The van der Waals surface area contributed by atoms with Crippen molar-refractivity contribution < 1.29 is 14.3 Å². The second-order valence-electron chi connectivity index (χ2n) is 7.11. The summed E-state index contributed by atoms with van der Waals surface area (Å²) in [4.78, 5) is 18.3. The Balaban J connectivity index is 1.45. The highest BCUT2D eigenvalue weighted by molar-refractivity contribution is 7.09. The summed E-state index contributed by atoms with van der Waals surface area (Å²) in [5, 5.41) is 2.07. The molecule has 2 fully saturated rings. The molecule has 27 heavy (non-hydrogen) atoms. The first-order chi connectivity index (χ1) is 13.3. The summed E-state index contributed by atoms with van der Waals surface area (Å²) in [5.74, 6) is 0. The number of rotatable bonds is 7. The molecule has 2 aliphatic rings. The van der Waals surface area contributed by atoms with Crippen LogP contribution in [0.1, 0.15) is 22.9 Å².